The molecule has 0 radical (unpaired) electrons. The maximum absolute atomic E-state index is 11.9. The van der Waals surface area contributed by atoms with Gasteiger partial charge in [-0.3, -0.25) is 19.2 Å². The topological polar surface area (TPSA) is 102 Å². The number of rotatable bonds is 8. The normalized spacial score (nSPS) is 10.1. The Balaban J connectivity index is 1.74. The monoisotopic (exact) mass is 408 g/mol. The third-order valence-corrected chi connectivity index (χ3v) is 4.51. The van der Waals surface area contributed by atoms with Gasteiger partial charge in [-0.2, -0.15) is 0 Å². The Morgan fingerprint density at radius 2 is 1.74 bits per heavy atom. The van der Waals surface area contributed by atoms with Gasteiger partial charge in [-0.15, -0.1) is 11.3 Å². The Bertz CT molecular complexity index is 865. The summed E-state index contributed by atoms with van der Waals surface area (Å²) in [5, 5.41) is 5.15. The van der Waals surface area contributed by atoms with Crippen LogP contribution in [-0.4, -0.2) is 30.2 Å². The molecule has 2 aromatic rings. The summed E-state index contributed by atoms with van der Waals surface area (Å²) in [5.41, 5.74) is 0.983. The van der Waals surface area contributed by atoms with Crippen molar-refractivity contribution in [3.8, 4) is 0 Å². The number of carbonyl (C=O) groups excluding carboxylic acids is 4. The molecule has 2 N–H and O–H groups in total. The third kappa shape index (κ3) is 7.20. The molecule has 0 unspecified atom stereocenters. The molecule has 0 atom stereocenters. The molecule has 1 aromatic carbocycles. The molecule has 0 saturated carbocycles. The van der Waals surface area contributed by atoms with Gasteiger partial charge in [0, 0.05) is 24.7 Å². The molecule has 1 aromatic heterocycles. The molecule has 142 valence electrons. The lowest BCUT2D eigenvalue weighted by molar-refractivity contribution is -0.147. The number of ketones is 1. The minimum atomic E-state index is -0.645. The van der Waals surface area contributed by atoms with E-state index in [0.717, 1.165) is 11.3 Å². The molecule has 0 spiro atoms. The standard InChI is InChI=1S/C18H17ClN2O5S/c1-11(22)20-12-3-2-4-13(9-12)21-17(24)10-26-18(25)8-5-14(23)15-6-7-16(19)27-15/h2-4,6-7,9H,5,8,10H2,1H3,(H,20,22)(H,21,24). The van der Waals surface area contributed by atoms with Crippen LogP contribution in [0.25, 0.3) is 0 Å². The second-order valence-electron chi connectivity index (χ2n) is 5.50. The fourth-order valence-electron chi connectivity index (χ4n) is 2.10. The first-order valence-corrected chi connectivity index (χ1v) is 9.14. The van der Waals surface area contributed by atoms with Crippen LogP contribution in [0.4, 0.5) is 11.4 Å². The van der Waals surface area contributed by atoms with Crippen molar-refractivity contribution in [1.82, 2.24) is 0 Å². The molecule has 1 heterocycles. The summed E-state index contributed by atoms with van der Waals surface area (Å²) in [4.78, 5) is 46.9. The second kappa shape index (κ2) is 9.84. The first-order chi connectivity index (χ1) is 12.8. The Kier molecular flexibility index (Phi) is 7.51. The average Bonchev–Trinajstić information content (AvgIpc) is 3.04. The SMILES string of the molecule is CC(=O)Nc1cccc(NC(=O)COC(=O)CCC(=O)c2ccc(Cl)s2)c1. The molecular weight excluding hydrogens is 392 g/mol. The second-order valence-corrected chi connectivity index (χ2v) is 7.21. The number of anilines is 2. The van der Waals surface area contributed by atoms with Gasteiger partial charge < -0.3 is 15.4 Å². The molecule has 0 aliphatic heterocycles. The van der Waals surface area contributed by atoms with Gasteiger partial charge in [0.1, 0.15) is 0 Å². The van der Waals surface area contributed by atoms with E-state index >= 15 is 0 Å². The lowest BCUT2D eigenvalue weighted by Gasteiger charge is -2.08. The Morgan fingerprint density at radius 1 is 1.04 bits per heavy atom. The van der Waals surface area contributed by atoms with Crippen molar-refractivity contribution in [2.45, 2.75) is 19.8 Å². The summed E-state index contributed by atoms with van der Waals surface area (Å²) < 4.78 is 5.37. The van der Waals surface area contributed by atoms with E-state index in [1.807, 2.05) is 0 Å². The van der Waals surface area contributed by atoms with E-state index < -0.39 is 18.5 Å². The minimum absolute atomic E-state index is 0.0178. The van der Waals surface area contributed by atoms with Gasteiger partial charge in [0.15, 0.2) is 12.4 Å². The molecule has 0 aliphatic rings. The highest BCUT2D eigenvalue weighted by molar-refractivity contribution is 7.18. The fourth-order valence-corrected chi connectivity index (χ4v) is 3.11. The average molecular weight is 409 g/mol. The van der Waals surface area contributed by atoms with Crippen LogP contribution < -0.4 is 10.6 Å². The number of Topliss-reactive ketones (excluding diaryl/α,β-unsaturated/α-hetero) is 1. The number of hydrogen-bond donors (Lipinski definition) is 2. The van der Waals surface area contributed by atoms with Crippen molar-refractivity contribution in [2.75, 3.05) is 17.2 Å². The number of ether oxygens (including phenoxy) is 1. The maximum atomic E-state index is 11.9. The smallest absolute Gasteiger partial charge is 0.306 e. The van der Waals surface area contributed by atoms with Crippen LogP contribution in [-0.2, 0) is 19.1 Å². The summed E-state index contributed by atoms with van der Waals surface area (Å²) in [7, 11) is 0. The number of amides is 2. The number of esters is 1. The highest BCUT2D eigenvalue weighted by Gasteiger charge is 2.13. The van der Waals surface area contributed by atoms with E-state index in [-0.39, 0.29) is 24.5 Å². The van der Waals surface area contributed by atoms with Gasteiger partial charge in [0.25, 0.3) is 5.91 Å². The summed E-state index contributed by atoms with van der Waals surface area (Å²) in [6.45, 7) is 0.907. The summed E-state index contributed by atoms with van der Waals surface area (Å²) >= 11 is 6.91. The first kappa shape index (κ1) is 20.6. The summed E-state index contributed by atoms with van der Waals surface area (Å²) in [5.74, 6) is -1.61. The highest BCUT2D eigenvalue weighted by Crippen LogP contribution is 2.23. The Labute approximate surface area is 164 Å². The largest absolute Gasteiger partial charge is 0.456 e. The van der Waals surface area contributed by atoms with Gasteiger partial charge in [0.05, 0.1) is 15.6 Å². The highest BCUT2D eigenvalue weighted by atomic mass is 35.5. The molecule has 9 heteroatoms. The third-order valence-electron chi connectivity index (χ3n) is 3.24. The number of carbonyl (C=O) groups is 4. The number of hydrogen-bond acceptors (Lipinski definition) is 6. The van der Waals surface area contributed by atoms with Crippen molar-refractivity contribution in [2.24, 2.45) is 0 Å². The van der Waals surface area contributed by atoms with Crippen molar-refractivity contribution in [1.29, 1.82) is 0 Å². The zero-order chi connectivity index (χ0) is 19.8. The predicted molar refractivity (Wildman–Crippen MR) is 103 cm³/mol. The molecule has 0 saturated heterocycles. The quantitative estimate of drug-likeness (QED) is 0.514. The number of nitrogens with one attached hydrogen (secondary N) is 2. The molecule has 7 nitrogen and oxygen atoms in total. The molecule has 0 aliphatic carbocycles. The lowest BCUT2D eigenvalue weighted by Crippen LogP contribution is -2.21. The van der Waals surface area contributed by atoms with E-state index in [4.69, 9.17) is 16.3 Å². The van der Waals surface area contributed by atoms with Crippen LogP contribution in [0.5, 0.6) is 0 Å². The van der Waals surface area contributed by atoms with Crippen LogP contribution in [0.3, 0.4) is 0 Å². The van der Waals surface area contributed by atoms with E-state index in [1.54, 1.807) is 36.4 Å². The van der Waals surface area contributed by atoms with Crippen LogP contribution >= 0.6 is 22.9 Å². The molecule has 27 heavy (non-hydrogen) atoms. The van der Waals surface area contributed by atoms with Crippen LogP contribution in [0.15, 0.2) is 36.4 Å². The van der Waals surface area contributed by atoms with Crippen molar-refractivity contribution < 1.29 is 23.9 Å². The van der Waals surface area contributed by atoms with E-state index in [0.29, 0.717) is 20.6 Å². The number of thiophene rings is 1. The molecule has 2 rings (SSSR count). The Morgan fingerprint density at radius 3 is 2.37 bits per heavy atom. The van der Waals surface area contributed by atoms with Crippen molar-refractivity contribution in [3.63, 3.8) is 0 Å². The minimum Gasteiger partial charge on any atom is -0.456 e. The van der Waals surface area contributed by atoms with E-state index in [2.05, 4.69) is 10.6 Å². The van der Waals surface area contributed by atoms with Crippen molar-refractivity contribution >= 4 is 57.9 Å². The number of halogens is 1. The van der Waals surface area contributed by atoms with Gasteiger partial charge in [0.2, 0.25) is 5.91 Å². The zero-order valence-corrected chi connectivity index (χ0v) is 16.0. The Hall–Kier alpha value is -2.71. The van der Waals surface area contributed by atoms with Crippen LogP contribution in [0, 0.1) is 0 Å². The molecular formula is C18H17ClN2O5S. The van der Waals surface area contributed by atoms with Gasteiger partial charge in [-0.25, -0.2) is 0 Å². The maximum Gasteiger partial charge on any atom is 0.306 e. The van der Waals surface area contributed by atoms with E-state index in [9.17, 15) is 19.2 Å². The molecule has 2 amide bonds. The fraction of sp³-hybridized carbons (Fsp3) is 0.222. The first-order valence-electron chi connectivity index (χ1n) is 7.95. The van der Waals surface area contributed by atoms with Crippen LogP contribution in [0.1, 0.15) is 29.4 Å². The lowest BCUT2D eigenvalue weighted by atomic mass is 10.2. The summed E-state index contributed by atoms with van der Waals surface area (Å²) in [6, 6.07) is 9.76. The van der Waals surface area contributed by atoms with Gasteiger partial charge >= 0.3 is 5.97 Å². The molecule has 0 bridgehead atoms. The van der Waals surface area contributed by atoms with Crippen molar-refractivity contribution in [3.05, 3.63) is 45.6 Å². The summed E-state index contributed by atoms with van der Waals surface area (Å²) in [6.07, 6.45) is -0.143. The van der Waals surface area contributed by atoms with Gasteiger partial charge in [-0.05, 0) is 30.3 Å². The zero-order valence-electron chi connectivity index (χ0n) is 14.4. The van der Waals surface area contributed by atoms with Crippen LogP contribution in [0.2, 0.25) is 4.34 Å². The van der Waals surface area contributed by atoms with E-state index in [1.165, 1.54) is 6.92 Å². The predicted octanol–water partition coefficient (Wildman–Crippen LogP) is 3.50. The number of benzene rings is 1. The molecule has 0 fully saturated rings. The van der Waals surface area contributed by atoms with Gasteiger partial charge in [-0.1, -0.05) is 17.7 Å².